The van der Waals surface area contributed by atoms with E-state index in [9.17, 15) is 4.79 Å². The Morgan fingerprint density at radius 2 is 2.06 bits per heavy atom. The van der Waals surface area contributed by atoms with E-state index >= 15 is 0 Å². The fourth-order valence-corrected chi connectivity index (χ4v) is 1.06. The van der Waals surface area contributed by atoms with E-state index < -0.39 is 11.7 Å². The van der Waals surface area contributed by atoms with Crippen LogP contribution in [0.25, 0.3) is 0 Å². The van der Waals surface area contributed by atoms with Crippen LogP contribution in [0.4, 0.5) is 4.79 Å². The Morgan fingerprint density at radius 1 is 1.47 bits per heavy atom. The monoisotopic (exact) mass is 244 g/mol. The van der Waals surface area contributed by atoms with Crippen LogP contribution in [0.3, 0.4) is 0 Å². The summed E-state index contributed by atoms with van der Waals surface area (Å²) >= 11 is 0. The molecule has 0 aromatic heterocycles. The van der Waals surface area contributed by atoms with Gasteiger partial charge in [-0.3, -0.25) is 10.3 Å². The number of hydrogen-bond donors (Lipinski definition) is 3. The Hall–Kier alpha value is -1.30. The Balaban J connectivity index is 3.87. The highest BCUT2D eigenvalue weighted by molar-refractivity contribution is 5.92. The van der Waals surface area contributed by atoms with Crippen molar-refractivity contribution in [2.45, 2.75) is 52.2 Å². The zero-order valence-corrected chi connectivity index (χ0v) is 11.1. The molecular formula is C11H24N4O2. The van der Waals surface area contributed by atoms with Gasteiger partial charge in [0.05, 0.1) is 0 Å². The number of amides is 1. The lowest BCUT2D eigenvalue weighted by molar-refractivity contribution is 0.0562. The first-order valence-corrected chi connectivity index (χ1v) is 5.76. The van der Waals surface area contributed by atoms with Crippen molar-refractivity contribution >= 4 is 12.1 Å². The third-order valence-corrected chi connectivity index (χ3v) is 1.73. The summed E-state index contributed by atoms with van der Waals surface area (Å²) in [5.74, 6) is 0.0731. The molecule has 0 bridgehead atoms. The van der Waals surface area contributed by atoms with Crippen molar-refractivity contribution in [2.24, 2.45) is 16.5 Å². The smallest absolute Gasteiger partial charge is 0.414 e. The van der Waals surface area contributed by atoms with Crippen LogP contribution in [-0.2, 0) is 4.74 Å². The van der Waals surface area contributed by atoms with Crippen molar-refractivity contribution in [3.05, 3.63) is 0 Å². The van der Waals surface area contributed by atoms with Gasteiger partial charge in [0.2, 0.25) is 0 Å². The number of nitrogens with zero attached hydrogens (tertiary/aromatic N) is 1. The van der Waals surface area contributed by atoms with Crippen LogP contribution in [0, 0.1) is 0 Å². The Labute approximate surface area is 103 Å². The summed E-state index contributed by atoms with van der Waals surface area (Å²) in [7, 11) is 0. The fraction of sp³-hybridized carbons (Fsp3) is 0.818. The molecule has 6 heteroatoms. The van der Waals surface area contributed by atoms with E-state index in [4.69, 9.17) is 16.2 Å². The van der Waals surface area contributed by atoms with Crippen LogP contribution in [0.2, 0.25) is 0 Å². The minimum atomic E-state index is -0.592. The molecule has 0 aliphatic rings. The number of carbonyl (C=O) groups is 1. The number of aliphatic imine (C=N–C) groups is 1. The number of alkyl carbamates (subject to hydrolysis) is 1. The number of ether oxygens (including phenoxy) is 1. The Bertz CT molecular complexity index is 269. The minimum Gasteiger partial charge on any atom is -0.444 e. The molecule has 0 saturated carbocycles. The van der Waals surface area contributed by atoms with E-state index in [1.165, 1.54) is 0 Å². The summed E-state index contributed by atoms with van der Waals surface area (Å²) in [4.78, 5) is 15.3. The molecule has 0 heterocycles. The predicted molar refractivity (Wildman–Crippen MR) is 68.7 cm³/mol. The predicted octanol–water partition coefficient (Wildman–Crippen LogP) is 0.953. The van der Waals surface area contributed by atoms with Gasteiger partial charge in [-0.1, -0.05) is 0 Å². The van der Waals surface area contributed by atoms with E-state index in [2.05, 4.69) is 10.3 Å². The summed E-state index contributed by atoms with van der Waals surface area (Å²) in [6.45, 7) is 7.82. The van der Waals surface area contributed by atoms with Gasteiger partial charge < -0.3 is 16.2 Å². The molecule has 0 saturated heterocycles. The van der Waals surface area contributed by atoms with Gasteiger partial charge in [-0.25, -0.2) is 4.79 Å². The second-order valence-electron chi connectivity index (χ2n) is 5.01. The lowest BCUT2D eigenvalue weighted by Gasteiger charge is -2.19. The number of guanidine groups is 1. The standard InChI is InChI=1S/C11H24N4O2/c1-8(12)6-5-7-14-9(13)15-10(16)17-11(2,3)4/h8H,5-7,12H2,1-4H3,(H3,13,14,15,16). The van der Waals surface area contributed by atoms with Gasteiger partial charge >= 0.3 is 6.09 Å². The summed E-state index contributed by atoms with van der Waals surface area (Å²) in [5.41, 5.74) is 10.6. The molecule has 1 amide bonds. The largest absolute Gasteiger partial charge is 0.444 e. The molecule has 0 aliphatic heterocycles. The summed E-state index contributed by atoms with van der Waals surface area (Å²) in [6.07, 6.45) is 1.13. The van der Waals surface area contributed by atoms with Gasteiger partial charge in [-0.2, -0.15) is 0 Å². The zero-order chi connectivity index (χ0) is 13.5. The molecule has 0 aromatic rings. The van der Waals surface area contributed by atoms with Crippen molar-refractivity contribution in [3.63, 3.8) is 0 Å². The van der Waals surface area contributed by atoms with Crippen molar-refractivity contribution in [1.82, 2.24) is 5.32 Å². The molecule has 0 aliphatic carbocycles. The number of carbonyl (C=O) groups excluding carboxylic acids is 1. The Morgan fingerprint density at radius 3 is 2.53 bits per heavy atom. The number of hydrogen-bond acceptors (Lipinski definition) is 4. The molecular weight excluding hydrogens is 220 g/mol. The zero-order valence-electron chi connectivity index (χ0n) is 11.1. The second-order valence-corrected chi connectivity index (χ2v) is 5.01. The van der Waals surface area contributed by atoms with Crippen molar-refractivity contribution in [1.29, 1.82) is 0 Å². The third-order valence-electron chi connectivity index (χ3n) is 1.73. The van der Waals surface area contributed by atoms with Crippen LogP contribution in [0.5, 0.6) is 0 Å². The molecule has 0 aromatic carbocycles. The van der Waals surface area contributed by atoms with Crippen LogP contribution in [0.1, 0.15) is 40.5 Å². The van der Waals surface area contributed by atoms with Gasteiger partial charge in [-0.05, 0) is 40.5 Å². The molecule has 0 radical (unpaired) electrons. The SMILES string of the molecule is CC(N)CCCN=C(N)NC(=O)OC(C)(C)C. The van der Waals surface area contributed by atoms with Crippen LogP contribution in [-0.4, -0.2) is 30.2 Å². The normalized spacial score (nSPS) is 14.3. The minimum absolute atomic E-state index is 0.0731. The number of rotatable bonds is 4. The maximum absolute atomic E-state index is 11.3. The van der Waals surface area contributed by atoms with Gasteiger partial charge in [0.25, 0.3) is 0 Å². The average Bonchev–Trinajstić information content (AvgIpc) is 2.08. The van der Waals surface area contributed by atoms with E-state index in [1.54, 1.807) is 20.8 Å². The highest BCUT2D eigenvalue weighted by Crippen LogP contribution is 2.06. The molecule has 6 nitrogen and oxygen atoms in total. The molecule has 0 fully saturated rings. The fourth-order valence-electron chi connectivity index (χ4n) is 1.06. The van der Waals surface area contributed by atoms with Crippen LogP contribution < -0.4 is 16.8 Å². The summed E-state index contributed by atoms with van der Waals surface area (Å²) in [5, 5.41) is 2.36. The topological polar surface area (TPSA) is 103 Å². The van der Waals surface area contributed by atoms with Gasteiger partial charge in [-0.15, -0.1) is 0 Å². The third kappa shape index (κ3) is 11.0. The first kappa shape index (κ1) is 15.7. The molecule has 0 spiro atoms. The average molecular weight is 244 g/mol. The van der Waals surface area contributed by atoms with E-state index in [1.807, 2.05) is 6.92 Å². The maximum Gasteiger partial charge on any atom is 0.414 e. The van der Waals surface area contributed by atoms with Gasteiger partial charge in [0, 0.05) is 12.6 Å². The highest BCUT2D eigenvalue weighted by Gasteiger charge is 2.16. The second kappa shape index (κ2) is 7.11. The summed E-state index contributed by atoms with van der Waals surface area (Å²) in [6, 6.07) is 0.158. The van der Waals surface area contributed by atoms with Crippen molar-refractivity contribution in [2.75, 3.05) is 6.54 Å². The number of nitrogens with one attached hydrogen (secondary N) is 1. The Kier molecular flexibility index (Phi) is 6.57. The van der Waals surface area contributed by atoms with Gasteiger partial charge in [0.1, 0.15) is 5.60 Å². The van der Waals surface area contributed by atoms with Crippen molar-refractivity contribution in [3.8, 4) is 0 Å². The van der Waals surface area contributed by atoms with E-state index in [-0.39, 0.29) is 12.0 Å². The molecule has 100 valence electrons. The quantitative estimate of drug-likeness (QED) is 0.389. The molecule has 17 heavy (non-hydrogen) atoms. The van der Waals surface area contributed by atoms with Crippen molar-refractivity contribution < 1.29 is 9.53 Å². The highest BCUT2D eigenvalue weighted by atomic mass is 16.6. The van der Waals surface area contributed by atoms with Crippen LogP contribution >= 0.6 is 0 Å². The van der Waals surface area contributed by atoms with Crippen LogP contribution in [0.15, 0.2) is 4.99 Å². The molecule has 5 N–H and O–H groups in total. The van der Waals surface area contributed by atoms with E-state index in [0.29, 0.717) is 6.54 Å². The first-order valence-electron chi connectivity index (χ1n) is 5.76. The lowest BCUT2D eigenvalue weighted by Crippen LogP contribution is -2.40. The maximum atomic E-state index is 11.3. The first-order chi connectivity index (χ1) is 7.70. The van der Waals surface area contributed by atoms with E-state index in [0.717, 1.165) is 12.8 Å². The molecule has 0 rings (SSSR count). The number of nitrogens with two attached hydrogens (primary N) is 2. The lowest BCUT2D eigenvalue weighted by atomic mass is 10.2. The molecule has 1 unspecified atom stereocenters. The summed E-state index contributed by atoms with van der Waals surface area (Å²) < 4.78 is 5.02. The van der Waals surface area contributed by atoms with Gasteiger partial charge in [0.15, 0.2) is 5.96 Å². The molecule has 1 atom stereocenters.